The first kappa shape index (κ1) is 9.61. The van der Waals surface area contributed by atoms with Gasteiger partial charge in [0.2, 0.25) is 0 Å². The van der Waals surface area contributed by atoms with Gasteiger partial charge in [0.1, 0.15) is 0 Å². The van der Waals surface area contributed by atoms with Gasteiger partial charge >= 0.3 is 0 Å². The number of benzene rings is 1. The summed E-state index contributed by atoms with van der Waals surface area (Å²) in [7, 11) is 1.51. The van der Waals surface area contributed by atoms with Gasteiger partial charge in [0.15, 0.2) is 11.5 Å². The van der Waals surface area contributed by atoms with Crippen LogP contribution < -0.4 is 10.5 Å². The van der Waals surface area contributed by atoms with Crippen LogP contribution in [0.25, 0.3) is 5.57 Å². The largest absolute Gasteiger partial charge is 0.504 e. The number of ether oxygens (including phenoxy) is 1. The second kappa shape index (κ2) is 3.96. The van der Waals surface area contributed by atoms with Gasteiger partial charge in [-0.1, -0.05) is 12.6 Å². The van der Waals surface area contributed by atoms with E-state index in [4.69, 9.17) is 10.5 Å². The van der Waals surface area contributed by atoms with Crippen LogP contribution in [0.1, 0.15) is 5.56 Å². The van der Waals surface area contributed by atoms with Crippen LogP contribution in [0.2, 0.25) is 0 Å². The van der Waals surface area contributed by atoms with Crippen molar-refractivity contribution in [2.24, 2.45) is 5.73 Å². The third kappa shape index (κ3) is 2.00. The lowest BCUT2D eigenvalue weighted by Gasteiger charge is -2.06. The Kier molecular flexibility index (Phi) is 2.93. The average Bonchev–Trinajstić information content (AvgIpc) is 2.16. The third-order valence-corrected chi connectivity index (χ3v) is 1.83. The van der Waals surface area contributed by atoms with Crippen molar-refractivity contribution in [3.63, 3.8) is 0 Å². The highest BCUT2D eigenvalue weighted by Gasteiger charge is 2.03. The summed E-state index contributed by atoms with van der Waals surface area (Å²) in [4.78, 5) is 0. The molecule has 0 spiro atoms. The second-order valence-electron chi connectivity index (χ2n) is 2.69. The molecule has 0 atom stereocenters. The topological polar surface area (TPSA) is 55.5 Å². The molecule has 70 valence electrons. The number of methoxy groups -OCH3 is 1. The highest BCUT2D eigenvalue weighted by molar-refractivity contribution is 5.67. The average molecular weight is 179 g/mol. The molecule has 3 heteroatoms. The normalized spacial score (nSPS) is 9.69. The fourth-order valence-electron chi connectivity index (χ4n) is 1.03. The number of hydrogen-bond acceptors (Lipinski definition) is 3. The van der Waals surface area contributed by atoms with Crippen molar-refractivity contribution in [3.8, 4) is 11.5 Å². The van der Waals surface area contributed by atoms with E-state index >= 15 is 0 Å². The molecule has 3 nitrogen and oxygen atoms in total. The first-order valence-corrected chi connectivity index (χ1v) is 3.94. The van der Waals surface area contributed by atoms with Crippen LogP contribution in [0.15, 0.2) is 24.8 Å². The summed E-state index contributed by atoms with van der Waals surface area (Å²) in [6.07, 6.45) is 0. The Labute approximate surface area is 77.4 Å². The molecule has 0 amide bonds. The van der Waals surface area contributed by atoms with Crippen LogP contribution in [0.4, 0.5) is 0 Å². The lowest BCUT2D eigenvalue weighted by atomic mass is 10.1. The van der Waals surface area contributed by atoms with Gasteiger partial charge in [-0.3, -0.25) is 0 Å². The lowest BCUT2D eigenvalue weighted by Crippen LogP contribution is -2.00. The van der Waals surface area contributed by atoms with E-state index in [-0.39, 0.29) is 5.75 Å². The zero-order valence-corrected chi connectivity index (χ0v) is 7.58. The standard InChI is InChI=1S/C10H13NO2/c1-7(6-11)8-3-4-10(13-2)9(12)5-8/h3-5,12H,1,6,11H2,2H3. The summed E-state index contributed by atoms with van der Waals surface area (Å²) in [6.45, 7) is 4.14. The van der Waals surface area contributed by atoms with Crippen molar-refractivity contribution in [2.45, 2.75) is 0 Å². The summed E-state index contributed by atoms with van der Waals surface area (Å²) < 4.78 is 4.90. The van der Waals surface area contributed by atoms with Crippen LogP contribution >= 0.6 is 0 Å². The molecule has 1 rings (SSSR count). The maximum Gasteiger partial charge on any atom is 0.160 e. The first-order valence-electron chi connectivity index (χ1n) is 3.94. The van der Waals surface area contributed by atoms with Crippen LogP contribution in [-0.4, -0.2) is 18.8 Å². The van der Waals surface area contributed by atoms with Crippen molar-refractivity contribution >= 4 is 5.57 Å². The number of phenols is 1. The number of nitrogens with two attached hydrogens (primary N) is 1. The van der Waals surface area contributed by atoms with E-state index in [1.165, 1.54) is 7.11 Å². The predicted octanol–water partition coefficient (Wildman–Crippen LogP) is 1.37. The van der Waals surface area contributed by atoms with Crippen molar-refractivity contribution in [3.05, 3.63) is 30.3 Å². The van der Waals surface area contributed by atoms with E-state index < -0.39 is 0 Å². The van der Waals surface area contributed by atoms with Crippen molar-refractivity contribution in [1.29, 1.82) is 0 Å². The van der Waals surface area contributed by atoms with E-state index in [0.29, 0.717) is 12.3 Å². The number of aromatic hydroxyl groups is 1. The molecule has 0 heterocycles. The van der Waals surface area contributed by atoms with Gasteiger partial charge in [-0.25, -0.2) is 0 Å². The SMILES string of the molecule is C=C(CN)c1ccc(OC)c(O)c1. The molecule has 0 radical (unpaired) electrons. The molecule has 0 aliphatic heterocycles. The van der Waals surface area contributed by atoms with Crippen molar-refractivity contribution < 1.29 is 9.84 Å². The fourth-order valence-corrected chi connectivity index (χ4v) is 1.03. The Balaban J connectivity index is 3.02. The molecular formula is C10H13NO2. The monoisotopic (exact) mass is 179 g/mol. The third-order valence-electron chi connectivity index (χ3n) is 1.83. The van der Waals surface area contributed by atoms with Crippen LogP contribution in [0, 0.1) is 0 Å². The maximum atomic E-state index is 9.43. The molecule has 0 aromatic heterocycles. The smallest absolute Gasteiger partial charge is 0.160 e. The van der Waals surface area contributed by atoms with Crippen molar-refractivity contribution in [1.82, 2.24) is 0 Å². The Morgan fingerprint density at radius 3 is 2.77 bits per heavy atom. The van der Waals surface area contributed by atoms with Crippen molar-refractivity contribution in [2.75, 3.05) is 13.7 Å². The molecule has 0 aliphatic carbocycles. The zero-order valence-electron chi connectivity index (χ0n) is 7.58. The molecule has 0 saturated carbocycles. The molecule has 13 heavy (non-hydrogen) atoms. The van der Waals surface area contributed by atoms with E-state index in [1.54, 1.807) is 12.1 Å². The minimum atomic E-state index is 0.106. The Morgan fingerprint density at radius 1 is 1.62 bits per heavy atom. The van der Waals surface area contributed by atoms with Gasteiger partial charge in [0, 0.05) is 6.54 Å². The molecular weight excluding hydrogens is 166 g/mol. The zero-order chi connectivity index (χ0) is 9.84. The van der Waals surface area contributed by atoms with E-state index in [2.05, 4.69) is 6.58 Å². The molecule has 0 bridgehead atoms. The first-order chi connectivity index (χ1) is 6.19. The van der Waals surface area contributed by atoms with Gasteiger partial charge in [-0.15, -0.1) is 0 Å². The Bertz CT molecular complexity index is 321. The van der Waals surface area contributed by atoms with Gasteiger partial charge in [0.25, 0.3) is 0 Å². The summed E-state index contributed by atoms with van der Waals surface area (Å²) in [5, 5.41) is 9.43. The maximum absolute atomic E-state index is 9.43. The van der Waals surface area contributed by atoms with Gasteiger partial charge < -0.3 is 15.6 Å². The van der Waals surface area contributed by atoms with Gasteiger partial charge in [-0.05, 0) is 23.3 Å². The molecule has 0 saturated heterocycles. The summed E-state index contributed by atoms with van der Waals surface area (Å²) in [5.74, 6) is 0.558. The van der Waals surface area contributed by atoms with Crippen LogP contribution in [-0.2, 0) is 0 Å². The van der Waals surface area contributed by atoms with E-state index in [9.17, 15) is 5.11 Å². The van der Waals surface area contributed by atoms with E-state index in [1.807, 2.05) is 6.07 Å². The molecule has 1 aromatic rings. The summed E-state index contributed by atoms with van der Waals surface area (Å²) in [6, 6.07) is 5.09. The quantitative estimate of drug-likeness (QED) is 0.736. The predicted molar refractivity (Wildman–Crippen MR) is 52.7 cm³/mol. The summed E-state index contributed by atoms with van der Waals surface area (Å²) in [5.41, 5.74) is 7.04. The number of rotatable bonds is 3. The highest BCUT2D eigenvalue weighted by atomic mass is 16.5. The van der Waals surface area contributed by atoms with Gasteiger partial charge in [-0.2, -0.15) is 0 Å². The Morgan fingerprint density at radius 2 is 2.31 bits per heavy atom. The summed E-state index contributed by atoms with van der Waals surface area (Å²) >= 11 is 0. The minimum absolute atomic E-state index is 0.106. The van der Waals surface area contributed by atoms with Crippen LogP contribution in [0.3, 0.4) is 0 Å². The molecule has 0 unspecified atom stereocenters. The number of hydrogen-bond donors (Lipinski definition) is 2. The second-order valence-corrected chi connectivity index (χ2v) is 2.69. The molecule has 1 aromatic carbocycles. The lowest BCUT2D eigenvalue weighted by molar-refractivity contribution is 0.373. The van der Waals surface area contributed by atoms with Crippen LogP contribution in [0.5, 0.6) is 11.5 Å². The van der Waals surface area contributed by atoms with E-state index in [0.717, 1.165) is 11.1 Å². The molecule has 0 fully saturated rings. The Hall–Kier alpha value is -1.48. The molecule has 3 N–H and O–H groups in total. The molecule has 0 aliphatic rings. The minimum Gasteiger partial charge on any atom is -0.504 e. The van der Waals surface area contributed by atoms with Gasteiger partial charge in [0.05, 0.1) is 7.11 Å². The fraction of sp³-hybridized carbons (Fsp3) is 0.200. The highest BCUT2D eigenvalue weighted by Crippen LogP contribution is 2.28. The number of phenolic OH excluding ortho intramolecular Hbond substituents is 1.